The minimum Gasteiger partial charge on any atom is -0.377 e. The molecule has 0 unspecified atom stereocenters. The van der Waals surface area contributed by atoms with Crippen LogP contribution in [0.25, 0.3) is 0 Å². The summed E-state index contributed by atoms with van der Waals surface area (Å²) in [6.45, 7) is 6.60. The Kier molecular flexibility index (Phi) is 1.58. The summed E-state index contributed by atoms with van der Waals surface area (Å²) in [6.07, 6.45) is 4.71. The Morgan fingerprint density at radius 1 is 1.46 bits per heavy atom. The molecular formula is C11H19NO. The van der Waals surface area contributed by atoms with E-state index in [1.165, 1.54) is 25.8 Å². The first-order valence-corrected chi connectivity index (χ1v) is 5.61. The van der Waals surface area contributed by atoms with Crippen LogP contribution in [-0.2, 0) is 4.74 Å². The van der Waals surface area contributed by atoms with Gasteiger partial charge in [0.2, 0.25) is 0 Å². The highest BCUT2D eigenvalue weighted by Gasteiger charge is 2.65. The fourth-order valence-corrected chi connectivity index (χ4v) is 3.38. The van der Waals surface area contributed by atoms with E-state index in [2.05, 4.69) is 18.7 Å². The van der Waals surface area contributed by atoms with Gasteiger partial charge in [0.1, 0.15) is 0 Å². The van der Waals surface area contributed by atoms with Gasteiger partial charge in [-0.2, -0.15) is 0 Å². The third-order valence-electron chi connectivity index (χ3n) is 4.34. The molecule has 2 nitrogen and oxygen atoms in total. The van der Waals surface area contributed by atoms with Gasteiger partial charge in [0.15, 0.2) is 0 Å². The van der Waals surface area contributed by atoms with Crippen LogP contribution in [0.5, 0.6) is 0 Å². The van der Waals surface area contributed by atoms with Crippen LogP contribution in [0, 0.1) is 5.92 Å². The predicted molar refractivity (Wildman–Crippen MR) is 51.7 cm³/mol. The maximum atomic E-state index is 5.81. The van der Waals surface area contributed by atoms with Crippen molar-refractivity contribution < 1.29 is 4.74 Å². The Hall–Kier alpha value is -0.0800. The molecule has 4 fully saturated rings. The predicted octanol–water partition coefficient (Wildman–Crippen LogP) is 1.65. The van der Waals surface area contributed by atoms with E-state index in [4.69, 9.17) is 4.74 Å². The van der Waals surface area contributed by atoms with E-state index in [1.54, 1.807) is 0 Å². The Balaban J connectivity index is 1.68. The van der Waals surface area contributed by atoms with Crippen LogP contribution >= 0.6 is 0 Å². The summed E-state index contributed by atoms with van der Waals surface area (Å²) >= 11 is 0. The minimum atomic E-state index is 0.398. The smallest absolute Gasteiger partial charge is 0.0657 e. The highest BCUT2D eigenvalue weighted by atomic mass is 16.5. The van der Waals surface area contributed by atoms with Gasteiger partial charge in [-0.3, -0.25) is 4.90 Å². The maximum Gasteiger partial charge on any atom is 0.0657 e. The van der Waals surface area contributed by atoms with Crippen LogP contribution in [0.4, 0.5) is 0 Å². The summed E-state index contributed by atoms with van der Waals surface area (Å²) in [5, 5.41) is 0. The lowest BCUT2D eigenvalue weighted by Gasteiger charge is -2.48. The quantitative estimate of drug-likeness (QED) is 0.656. The Bertz CT molecular complexity index is 222. The highest BCUT2D eigenvalue weighted by Crippen LogP contribution is 2.59. The zero-order valence-corrected chi connectivity index (χ0v) is 8.62. The largest absolute Gasteiger partial charge is 0.377 e. The normalized spacial score (nSPS) is 47.3. The number of hydrogen-bond donors (Lipinski definition) is 0. The van der Waals surface area contributed by atoms with Gasteiger partial charge in [-0.25, -0.2) is 0 Å². The van der Waals surface area contributed by atoms with Gasteiger partial charge >= 0.3 is 0 Å². The first-order chi connectivity index (χ1) is 6.22. The van der Waals surface area contributed by atoms with Crippen LogP contribution in [0.2, 0.25) is 0 Å². The summed E-state index contributed by atoms with van der Waals surface area (Å²) in [7, 11) is 0. The molecule has 3 aliphatic heterocycles. The average Bonchev–Trinajstić information content (AvgIpc) is 2.26. The molecule has 1 aliphatic carbocycles. The van der Waals surface area contributed by atoms with E-state index >= 15 is 0 Å². The number of nitrogens with zero attached hydrogens (tertiary/aromatic N) is 1. The van der Waals surface area contributed by atoms with E-state index in [0.29, 0.717) is 11.6 Å². The lowest BCUT2D eigenvalue weighted by Crippen LogP contribution is -2.59. The van der Waals surface area contributed by atoms with E-state index in [1.807, 2.05) is 0 Å². The van der Waals surface area contributed by atoms with Crippen molar-refractivity contribution in [2.75, 3.05) is 13.2 Å². The average molecular weight is 181 g/mol. The van der Waals surface area contributed by atoms with Gasteiger partial charge in [-0.05, 0) is 39.0 Å². The fourth-order valence-electron chi connectivity index (χ4n) is 3.38. The molecule has 3 saturated heterocycles. The second-order valence-corrected chi connectivity index (χ2v) is 5.23. The van der Waals surface area contributed by atoms with Crippen molar-refractivity contribution in [2.24, 2.45) is 5.92 Å². The first kappa shape index (κ1) is 8.25. The summed E-state index contributed by atoms with van der Waals surface area (Å²) in [4.78, 5) is 2.71. The molecule has 0 aromatic rings. The van der Waals surface area contributed by atoms with E-state index in [-0.39, 0.29) is 0 Å². The van der Waals surface area contributed by atoms with Crippen LogP contribution in [0.1, 0.15) is 33.1 Å². The van der Waals surface area contributed by atoms with Crippen LogP contribution in [0.3, 0.4) is 0 Å². The SMILES string of the molecule is CC(C)OC[C@]12CCN1C1CC2C1. The van der Waals surface area contributed by atoms with E-state index < -0.39 is 0 Å². The molecule has 0 aromatic carbocycles. The van der Waals surface area contributed by atoms with Gasteiger partial charge in [0.25, 0.3) is 0 Å². The van der Waals surface area contributed by atoms with Gasteiger partial charge < -0.3 is 4.74 Å². The highest BCUT2D eigenvalue weighted by molar-refractivity contribution is 5.19. The molecule has 2 heteroatoms. The van der Waals surface area contributed by atoms with Crippen molar-refractivity contribution >= 4 is 0 Å². The summed E-state index contributed by atoms with van der Waals surface area (Å²) in [5.74, 6) is 0.977. The summed E-state index contributed by atoms with van der Waals surface area (Å²) in [5.41, 5.74) is 0.509. The van der Waals surface area contributed by atoms with Crippen LogP contribution < -0.4 is 0 Å². The number of rotatable bonds is 3. The molecule has 74 valence electrons. The Morgan fingerprint density at radius 2 is 2.23 bits per heavy atom. The topological polar surface area (TPSA) is 12.5 Å². The molecule has 1 atom stereocenters. The van der Waals surface area contributed by atoms with E-state index in [0.717, 1.165) is 18.6 Å². The fraction of sp³-hybridized carbons (Fsp3) is 1.00. The van der Waals surface area contributed by atoms with Gasteiger partial charge in [0.05, 0.1) is 12.7 Å². The summed E-state index contributed by atoms with van der Waals surface area (Å²) < 4.78 is 5.81. The third-order valence-corrected chi connectivity index (χ3v) is 4.34. The molecule has 3 heterocycles. The molecule has 4 aliphatic rings. The van der Waals surface area contributed by atoms with Crippen molar-refractivity contribution in [3.8, 4) is 0 Å². The second-order valence-electron chi connectivity index (χ2n) is 5.23. The Labute approximate surface area is 80.2 Å². The van der Waals surface area contributed by atoms with Gasteiger partial charge in [-0.1, -0.05) is 0 Å². The van der Waals surface area contributed by atoms with Crippen molar-refractivity contribution in [3.63, 3.8) is 0 Å². The maximum absolute atomic E-state index is 5.81. The zero-order chi connectivity index (χ0) is 9.05. The van der Waals surface area contributed by atoms with Crippen molar-refractivity contribution in [3.05, 3.63) is 0 Å². The van der Waals surface area contributed by atoms with Crippen molar-refractivity contribution in [1.29, 1.82) is 0 Å². The third kappa shape index (κ3) is 0.909. The molecular weight excluding hydrogens is 162 g/mol. The number of hydrogen-bond acceptors (Lipinski definition) is 2. The number of ether oxygens (including phenoxy) is 1. The van der Waals surface area contributed by atoms with Crippen molar-refractivity contribution in [2.45, 2.75) is 50.8 Å². The molecule has 0 radical (unpaired) electrons. The molecule has 0 amide bonds. The second kappa shape index (κ2) is 2.48. The van der Waals surface area contributed by atoms with Gasteiger partial charge in [0, 0.05) is 18.1 Å². The van der Waals surface area contributed by atoms with E-state index in [9.17, 15) is 0 Å². The monoisotopic (exact) mass is 181 g/mol. The molecule has 0 spiro atoms. The summed E-state index contributed by atoms with van der Waals surface area (Å²) in [6, 6.07) is 0.939. The van der Waals surface area contributed by atoms with Crippen LogP contribution in [-0.4, -0.2) is 35.7 Å². The molecule has 0 aromatic heterocycles. The lowest BCUT2D eigenvalue weighted by molar-refractivity contribution is -0.0677. The lowest BCUT2D eigenvalue weighted by atomic mass is 9.73. The molecule has 4 rings (SSSR count). The zero-order valence-electron chi connectivity index (χ0n) is 8.62. The standard InChI is InChI=1S/C11H19NO/c1-8(2)13-7-11-3-4-12(11)10-5-9(11)6-10/h8-10H,3-7H2,1-2H3/t9?,10?,11-/m0/s1. The molecule has 13 heavy (non-hydrogen) atoms. The molecule has 2 bridgehead atoms. The first-order valence-electron chi connectivity index (χ1n) is 5.61. The van der Waals surface area contributed by atoms with Crippen LogP contribution in [0.15, 0.2) is 0 Å². The van der Waals surface area contributed by atoms with Crippen molar-refractivity contribution in [1.82, 2.24) is 4.90 Å². The molecule has 0 N–H and O–H groups in total. The van der Waals surface area contributed by atoms with Gasteiger partial charge in [-0.15, -0.1) is 0 Å². The molecule has 1 saturated carbocycles. The Morgan fingerprint density at radius 3 is 2.69 bits per heavy atom. The minimum absolute atomic E-state index is 0.398.